The fraction of sp³-hybridized carbons (Fsp3) is 0.200. The Morgan fingerprint density at radius 2 is 2.24 bits per heavy atom. The van der Waals surface area contributed by atoms with Crippen LogP contribution in [0.25, 0.3) is 0 Å². The quantitative estimate of drug-likeness (QED) is 0.551. The average molecular weight is 286 g/mol. The van der Waals surface area contributed by atoms with Gasteiger partial charge in [-0.15, -0.1) is 0 Å². The summed E-state index contributed by atoms with van der Waals surface area (Å²) in [5, 5.41) is 2.84. The molecule has 1 heterocycles. The minimum atomic E-state index is -0.209. The van der Waals surface area contributed by atoms with Gasteiger partial charge in [-0.1, -0.05) is 12.1 Å². The number of hydrazine groups is 1. The highest BCUT2D eigenvalue weighted by Crippen LogP contribution is 2.13. The van der Waals surface area contributed by atoms with Crippen molar-refractivity contribution in [2.24, 2.45) is 5.84 Å². The van der Waals surface area contributed by atoms with E-state index < -0.39 is 0 Å². The van der Waals surface area contributed by atoms with Gasteiger partial charge < -0.3 is 15.5 Å². The molecule has 1 aromatic heterocycles. The van der Waals surface area contributed by atoms with Crippen molar-refractivity contribution in [1.29, 1.82) is 0 Å². The lowest BCUT2D eigenvalue weighted by Crippen LogP contribution is -2.27. The number of carbonyl (C=O) groups is 1. The van der Waals surface area contributed by atoms with E-state index in [-0.39, 0.29) is 5.91 Å². The molecule has 0 spiro atoms. The predicted octanol–water partition coefficient (Wildman–Crippen LogP) is 1.35. The van der Waals surface area contributed by atoms with Crippen LogP contribution >= 0.6 is 0 Å². The standard InChI is InChI=1S/C15H18N4O2/c1-21-12-4-2-3-11(9-12)5-8-18-15(20)13-10-17-7-6-14(13)19-16/h2-4,6-7,9-10H,5,8,16H2,1H3,(H,17,19)(H,18,20). The topological polar surface area (TPSA) is 89.3 Å². The molecule has 0 fully saturated rings. The van der Waals surface area contributed by atoms with Crippen LogP contribution in [0.3, 0.4) is 0 Å². The number of ether oxygens (including phenoxy) is 1. The van der Waals surface area contributed by atoms with Crippen molar-refractivity contribution in [2.75, 3.05) is 19.1 Å². The van der Waals surface area contributed by atoms with Crippen LogP contribution in [0.2, 0.25) is 0 Å². The molecule has 0 aliphatic carbocycles. The third kappa shape index (κ3) is 3.93. The first-order valence-electron chi connectivity index (χ1n) is 6.56. The minimum Gasteiger partial charge on any atom is -0.497 e. The number of nitrogens with two attached hydrogens (primary N) is 1. The first-order chi connectivity index (χ1) is 10.2. The maximum atomic E-state index is 12.1. The number of rotatable bonds is 6. The van der Waals surface area contributed by atoms with Gasteiger partial charge in [0.2, 0.25) is 0 Å². The Morgan fingerprint density at radius 3 is 3.00 bits per heavy atom. The molecule has 0 atom stereocenters. The summed E-state index contributed by atoms with van der Waals surface area (Å²) < 4.78 is 5.16. The van der Waals surface area contributed by atoms with Crippen LogP contribution in [0.4, 0.5) is 5.69 Å². The molecule has 1 amide bonds. The number of nitrogens with zero attached hydrogens (tertiary/aromatic N) is 1. The number of amides is 1. The molecule has 0 aliphatic rings. The molecule has 0 saturated carbocycles. The summed E-state index contributed by atoms with van der Waals surface area (Å²) in [7, 11) is 1.63. The van der Waals surface area contributed by atoms with Gasteiger partial charge in [0.15, 0.2) is 0 Å². The van der Waals surface area contributed by atoms with Crippen LogP contribution < -0.4 is 21.3 Å². The Morgan fingerprint density at radius 1 is 1.38 bits per heavy atom. The summed E-state index contributed by atoms with van der Waals surface area (Å²) in [6, 6.07) is 9.40. The third-order valence-electron chi connectivity index (χ3n) is 3.05. The highest BCUT2D eigenvalue weighted by molar-refractivity contribution is 5.99. The van der Waals surface area contributed by atoms with Gasteiger partial charge in [-0.3, -0.25) is 15.6 Å². The van der Waals surface area contributed by atoms with E-state index in [1.165, 1.54) is 6.20 Å². The molecular weight excluding hydrogens is 268 g/mol. The SMILES string of the molecule is COc1cccc(CCNC(=O)c2cnccc2NN)c1. The molecule has 0 saturated heterocycles. The highest BCUT2D eigenvalue weighted by atomic mass is 16.5. The molecular formula is C15H18N4O2. The monoisotopic (exact) mass is 286 g/mol. The zero-order valence-corrected chi connectivity index (χ0v) is 11.8. The predicted molar refractivity (Wildman–Crippen MR) is 81.1 cm³/mol. The number of carbonyl (C=O) groups excluding carboxylic acids is 1. The molecule has 0 bridgehead atoms. The van der Waals surface area contributed by atoms with Gasteiger partial charge in [0.25, 0.3) is 5.91 Å². The number of aromatic nitrogens is 1. The minimum absolute atomic E-state index is 0.209. The second-order valence-electron chi connectivity index (χ2n) is 4.42. The third-order valence-corrected chi connectivity index (χ3v) is 3.05. The Bertz CT molecular complexity index is 616. The number of benzene rings is 1. The average Bonchev–Trinajstić information content (AvgIpc) is 2.55. The van der Waals surface area contributed by atoms with Gasteiger partial charge in [-0.05, 0) is 30.2 Å². The van der Waals surface area contributed by atoms with E-state index in [4.69, 9.17) is 10.6 Å². The Hall–Kier alpha value is -2.60. The van der Waals surface area contributed by atoms with Gasteiger partial charge in [-0.25, -0.2) is 0 Å². The van der Waals surface area contributed by atoms with Crippen LogP contribution in [0.5, 0.6) is 5.75 Å². The number of hydrogen-bond donors (Lipinski definition) is 3. The number of nitrogen functional groups attached to an aromatic ring is 1. The Labute approximate surface area is 123 Å². The number of nitrogens with one attached hydrogen (secondary N) is 2. The van der Waals surface area contributed by atoms with Crippen molar-refractivity contribution in [2.45, 2.75) is 6.42 Å². The van der Waals surface area contributed by atoms with Crippen molar-refractivity contribution < 1.29 is 9.53 Å². The maximum absolute atomic E-state index is 12.1. The molecule has 0 aliphatic heterocycles. The van der Waals surface area contributed by atoms with E-state index in [1.807, 2.05) is 24.3 Å². The van der Waals surface area contributed by atoms with E-state index in [1.54, 1.807) is 19.4 Å². The summed E-state index contributed by atoms with van der Waals surface area (Å²) in [4.78, 5) is 16.0. The number of methoxy groups -OCH3 is 1. The summed E-state index contributed by atoms with van der Waals surface area (Å²) in [5.41, 5.74) is 4.54. The van der Waals surface area contributed by atoms with Crippen molar-refractivity contribution >= 4 is 11.6 Å². The van der Waals surface area contributed by atoms with Gasteiger partial charge >= 0.3 is 0 Å². The van der Waals surface area contributed by atoms with Crippen LogP contribution in [0.1, 0.15) is 15.9 Å². The summed E-state index contributed by atoms with van der Waals surface area (Å²) in [6.45, 7) is 0.519. The van der Waals surface area contributed by atoms with Gasteiger partial charge in [-0.2, -0.15) is 0 Å². The molecule has 2 rings (SSSR count). The molecule has 0 unspecified atom stereocenters. The smallest absolute Gasteiger partial charge is 0.255 e. The molecule has 21 heavy (non-hydrogen) atoms. The lowest BCUT2D eigenvalue weighted by atomic mass is 10.1. The van der Waals surface area contributed by atoms with Crippen molar-refractivity contribution in [1.82, 2.24) is 10.3 Å². The van der Waals surface area contributed by atoms with E-state index >= 15 is 0 Å². The maximum Gasteiger partial charge on any atom is 0.255 e. The van der Waals surface area contributed by atoms with Crippen molar-refractivity contribution in [3.63, 3.8) is 0 Å². The fourth-order valence-electron chi connectivity index (χ4n) is 1.94. The van der Waals surface area contributed by atoms with Gasteiger partial charge in [0.05, 0.1) is 18.4 Å². The molecule has 6 nitrogen and oxygen atoms in total. The van der Waals surface area contributed by atoms with Crippen LogP contribution in [-0.2, 0) is 6.42 Å². The first-order valence-corrected chi connectivity index (χ1v) is 6.56. The summed E-state index contributed by atoms with van der Waals surface area (Å²) in [6.07, 6.45) is 3.77. The summed E-state index contributed by atoms with van der Waals surface area (Å²) >= 11 is 0. The Kier molecular flexibility index (Phi) is 5.11. The van der Waals surface area contributed by atoms with Crippen molar-refractivity contribution in [3.05, 3.63) is 53.9 Å². The summed E-state index contributed by atoms with van der Waals surface area (Å²) in [5.74, 6) is 5.97. The molecule has 2 aromatic rings. The zero-order valence-electron chi connectivity index (χ0n) is 11.8. The van der Waals surface area contributed by atoms with Crippen molar-refractivity contribution in [3.8, 4) is 5.75 Å². The molecule has 110 valence electrons. The lowest BCUT2D eigenvalue weighted by Gasteiger charge is -2.09. The second kappa shape index (κ2) is 7.25. The molecule has 4 N–H and O–H groups in total. The lowest BCUT2D eigenvalue weighted by molar-refractivity contribution is 0.0954. The number of hydrogen-bond acceptors (Lipinski definition) is 5. The van der Waals surface area contributed by atoms with E-state index in [9.17, 15) is 4.79 Å². The second-order valence-corrected chi connectivity index (χ2v) is 4.42. The number of pyridine rings is 1. The largest absolute Gasteiger partial charge is 0.497 e. The fourth-order valence-corrected chi connectivity index (χ4v) is 1.94. The zero-order chi connectivity index (χ0) is 15.1. The van der Waals surface area contributed by atoms with E-state index in [2.05, 4.69) is 15.7 Å². The van der Waals surface area contributed by atoms with Crippen LogP contribution in [0.15, 0.2) is 42.7 Å². The highest BCUT2D eigenvalue weighted by Gasteiger charge is 2.10. The molecule has 0 radical (unpaired) electrons. The van der Waals surface area contributed by atoms with E-state index in [0.717, 1.165) is 11.3 Å². The molecule has 6 heteroatoms. The first kappa shape index (κ1) is 14.8. The Balaban J connectivity index is 1.92. The number of anilines is 1. The van der Waals surface area contributed by atoms with Crippen LogP contribution in [-0.4, -0.2) is 24.5 Å². The molecule has 1 aromatic carbocycles. The van der Waals surface area contributed by atoms with E-state index in [0.29, 0.717) is 24.2 Å². The normalized spacial score (nSPS) is 10.0. The van der Waals surface area contributed by atoms with Gasteiger partial charge in [0.1, 0.15) is 5.75 Å². The van der Waals surface area contributed by atoms with Gasteiger partial charge in [0, 0.05) is 18.9 Å². The van der Waals surface area contributed by atoms with Crippen LogP contribution in [0, 0.1) is 0 Å².